The highest BCUT2D eigenvalue weighted by atomic mass is 32.2. The lowest BCUT2D eigenvalue weighted by Gasteiger charge is -2.42. The Balaban J connectivity index is 2.18. The van der Waals surface area contributed by atoms with Crippen molar-refractivity contribution in [3.63, 3.8) is 0 Å². The Kier molecular flexibility index (Phi) is 6.54. The number of hydrogen-bond donors (Lipinski definition) is 0. The van der Waals surface area contributed by atoms with E-state index in [1.165, 1.54) is 11.8 Å². The molecule has 1 fully saturated rings. The maximum atomic E-state index is 11.3. The molecule has 24 heavy (non-hydrogen) atoms. The van der Waals surface area contributed by atoms with Crippen molar-refractivity contribution in [3.8, 4) is 0 Å². The lowest BCUT2D eigenvalue weighted by atomic mass is 9.83. The van der Waals surface area contributed by atoms with Crippen molar-refractivity contribution in [2.75, 3.05) is 12.9 Å². The Morgan fingerprint density at radius 3 is 2.54 bits per heavy atom. The van der Waals surface area contributed by atoms with Crippen LogP contribution in [0.25, 0.3) is 10.4 Å². The third-order valence-electron chi connectivity index (χ3n) is 4.17. The lowest BCUT2D eigenvalue weighted by Crippen LogP contribution is -2.48. The van der Waals surface area contributed by atoms with E-state index in [4.69, 9.17) is 14.5 Å². The van der Waals surface area contributed by atoms with Gasteiger partial charge in [-0.25, -0.2) is 0 Å². The van der Waals surface area contributed by atoms with Gasteiger partial charge in [0.25, 0.3) is 10.1 Å². The topological polar surface area (TPSA) is 101 Å². The number of benzene rings is 1. The predicted octanol–water partition coefficient (Wildman–Crippen LogP) is 3.43. The van der Waals surface area contributed by atoms with Crippen molar-refractivity contribution >= 4 is 21.9 Å². The molecule has 5 atom stereocenters. The van der Waals surface area contributed by atoms with E-state index in [1.54, 1.807) is 0 Å². The Morgan fingerprint density at radius 2 is 1.96 bits per heavy atom. The van der Waals surface area contributed by atoms with Gasteiger partial charge in [-0.15, -0.1) is 0 Å². The quantitative estimate of drug-likeness (QED) is 0.330. The number of ether oxygens (including phenoxy) is 1. The summed E-state index contributed by atoms with van der Waals surface area (Å²) in [6.45, 7) is 3.89. The molecule has 0 amide bonds. The highest BCUT2D eigenvalue weighted by Gasteiger charge is 2.41. The molecule has 0 aliphatic carbocycles. The van der Waals surface area contributed by atoms with Gasteiger partial charge < -0.3 is 4.74 Å². The van der Waals surface area contributed by atoms with Gasteiger partial charge in [-0.1, -0.05) is 48.9 Å². The van der Waals surface area contributed by atoms with Crippen molar-refractivity contribution in [1.82, 2.24) is 0 Å². The molecule has 0 bridgehead atoms. The van der Waals surface area contributed by atoms with Gasteiger partial charge in [0, 0.05) is 9.81 Å². The summed E-state index contributed by atoms with van der Waals surface area (Å²) in [6, 6.07) is 9.32. The number of azide groups is 1. The maximum Gasteiger partial charge on any atom is 0.264 e. The summed E-state index contributed by atoms with van der Waals surface area (Å²) in [5.41, 5.74) is 8.47. The van der Waals surface area contributed by atoms with E-state index in [2.05, 4.69) is 10.0 Å². The van der Waals surface area contributed by atoms with Crippen LogP contribution in [0, 0.1) is 11.8 Å². The summed E-state index contributed by atoms with van der Waals surface area (Å²) in [6.07, 6.45) is 0.629. The minimum absolute atomic E-state index is 0.00475. The second-order valence-corrected chi connectivity index (χ2v) is 8.69. The third-order valence-corrected chi connectivity index (χ3v) is 5.90. The molecule has 1 aliphatic rings. The predicted molar refractivity (Wildman–Crippen MR) is 93.0 cm³/mol. The van der Waals surface area contributed by atoms with Crippen LogP contribution in [0.5, 0.6) is 0 Å². The largest absolute Gasteiger partial charge is 0.361 e. The fraction of sp³-hybridized carbons (Fsp3) is 0.600. The molecule has 2 unspecified atom stereocenters. The maximum absolute atomic E-state index is 11.3. The van der Waals surface area contributed by atoms with Crippen LogP contribution in [0.1, 0.15) is 13.8 Å². The van der Waals surface area contributed by atoms with Crippen LogP contribution in [-0.2, 0) is 19.0 Å². The van der Waals surface area contributed by atoms with Crippen LogP contribution in [0.4, 0.5) is 0 Å². The Hall–Kier alpha value is -1.25. The molecule has 0 N–H and O–H groups in total. The Morgan fingerprint density at radius 1 is 1.29 bits per heavy atom. The molecule has 0 spiro atoms. The molecule has 2 rings (SSSR count). The summed E-state index contributed by atoms with van der Waals surface area (Å²) in [5, 5.41) is 3.91. The first-order valence-electron chi connectivity index (χ1n) is 7.57. The van der Waals surface area contributed by atoms with Gasteiger partial charge in [0.1, 0.15) is 5.44 Å². The highest BCUT2D eigenvalue weighted by molar-refractivity contribution is 7.99. The van der Waals surface area contributed by atoms with Crippen LogP contribution in [0.2, 0.25) is 0 Å². The second-order valence-electron chi connectivity index (χ2n) is 5.88. The van der Waals surface area contributed by atoms with E-state index in [-0.39, 0.29) is 30.6 Å². The van der Waals surface area contributed by atoms with E-state index >= 15 is 0 Å². The molecule has 132 valence electrons. The zero-order valence-electron chi connectivity index (χ0n) is 13.8. The van der Waals surface area contributed by atoms with Crippen molar-refractivity contribution in [2.24, 2.45) is 17.0 Å². The van der Waals surface area contributed by atoms with Crippen molar-refractivity contribution in [1.29, 1.82) is 0 Å². The Bertz CT molecular complexity index is 692. The van der Waals surface area contributed by atoms with Gasteiger partial charge in [-0.05, 0) is 29.5 Å². The van der Waals surface area contributed by atoms with Crippen LogP contribution in [0.3, 0.4) is 0 Å². The molecular formula is C15H21N3O4S2. The molecule has 0 radical (unpaired) electrons. The standard InChI is InChI=1S/C15H21N3O4S2/c1-10-11(2)14(17-18-16)15(23-12-7-5-4-6-8-12)22-13(10)9-21-24(3,19)20/h4-8,10-11,13-15H,9H2,1-3H3/t10-,11?,13?,14-,15-/m0/s1. The lowest BCUT2D eigenvalue weighted by molar-refractivity contribution is -0.0901. The number of nitrogens with zero attached hydrogens (tertiary/aromatic N) is 3. The van der Waals surface area contributed by atoms with Crippen LogP contribution < -0.4 is 0 Å². The molecule has 7 nitrogen and oxygen atoms in total. The average Bonchev–Trinajstić information content (AvgIpc) is 2.53. The smallest absolute Gasteiger partial charge is 0.264 e. The minimum Gasteiger partial charge on any atom is -0.361 e. The molecule has 0 saturated carbocycles. The fourth-order valence-corrected chi connectivity index (χ4v) is 4.21. The van der Waals surface area contributed by atoms with Gasteiger partial charge >= 0.3 is 0 Å². The monoisotopic (exact) mass is 371 g/mol. The Labute approximate surface area is 146 Å². The van der Waals surface area contributed by atoms with Gasteiger partial charge in [0.15, 0.2) is 0 Å². The zero-order chi connectivity index (χ0) is 17.7. The number of thioether (sulfide) groups is 1. The number of hydrogen-bond acceptors (Lipinski definition) is 6. The van der Waals surface area contributed by atoms with Crippen LogP contribution in [0.15, 0.2) is 40.3 Å². The molecule has 1 aromatic rings. The normalized spacial score (nSPS) is 30.5. The van der Waals surface area contributed by atoms with E-state index in [9.17, 15) is 8.42 Å². The molecule has 1 heterocycles. The van der Waals surface area contributed by atoms with Crippen molar-refractivity contribution in [3.05, 3.63) is 40.8 Å². The van der Waals surface area contributed by atoms with Crippen LogP contribution >= 0.6 is 11.8 Å². The van der Waals surface area contributed by atoms with E-state index in [1.807, 2.05) is 44.2 Å². The molecular weight excluding hydrogens is 350 g/mol. The van der Waals surface area contributed by atoms with E-state index in [0.717, 1.165) is 11.2 Å². The van der Waals surface area contributed by atoms with Crippen molar-refractivity contribution < 1.29 is 17.3 Å². The molecule has 1 saturated heterocycles. The molecule has 1 aliphatic heterocycles. The minimum atomic E-state index is -3.53. The highest BCUT2D eigenvalue weighted by Crippen LogP contribution is 2.40. The molecule has 1 aromatic carbocycles. The van der Waals surface area contributed by atoms with Gasteiger partial charge in [-0.3, -0.25) is 4.18 Å². The van der Waals surface area contributed by atoms with Crippen LogP contribution in [-0.4, -0.2) is 38.9 Å². The van der Waals surface area contributed by atoms with E-state index < -0.39 is 15.6 Å². The summed E-state index contributed by atoms with van der Waals surface area (Å²) >= 11 is 1.46. The summed E-state index contributed by atoms with van der Waals surface area (Å²) < 4.78 is 33.5. The van der Waals surface area contributed by atoms with E-state index in [0.29, 0.717) is 0 Å². The number of rotatable bonds is 6. The summed E-state index contributed by atoms with van der Waals surface area (Å²) in [4.78, 5) is 3.94. The average molecular weight is 371 g/mol. The summed E-state index contributed by atoms with van der Waals surface area (Å²) in [7, 11) is -3.53. The summed E-state index contributed by atoms with van der Waals surface area (Å²) in [5.74, 6) is 0.0268. The molecule has 9 heteroatoms. The first kappa shape index (κ1) is 19.1. The van der Waals surface area contributed by atoms with Gasteiger partial charge in [0.05, 0.1) is 25.0 Å². The van der Waals surface area contributed by atoms with Gasteiger partial charge in [0.2, 0.25) is 0 Å². The first-order valence-corrected chi connectivity index (χ1v) is 10.3. The third kappa shape index (κ3) is 5.12. The zero-order valence-corrected chi connectivity index (χ0v) is 15.4. The SMILES string of the molecule is CC1[C@H](C)C(COS(C)(=O)=O)O[C@@H](Sc2ccccc2)[C@H]1N=[N+]=[N-]. The second kappa shape index (κ2) is 8.22. The molecule has 0 aromatic heterocycles. The van der Waals surface area contributed by atoms with Gasteiger partial charge in [-0.2, -0.15) is 8.42 Å². The van der Waals surface area contributed by atoms with Crippen molar-refractivity contribution in [2.45, 2.75) is 36.3 Å². The fourth-order valence-electron chi connectivity index (χ4n) is 2.61. The first-order chi connectivity index (χ1) is 11.3.